The lowest BCUT2D eigenvalue weighted by atomic mass is 10.0. The molecule has 0 amide bonds. The van der Waals surface area contributed by atoms with Crippen molar-refractivity contribution in [3.05, 3.63) is 109 Å². The van der Waals surface area contributed by atoms with Crippen LogP contribution >= 0.6 is 0 Å². The van der Waals surface area contributed by atoms with Crippen LogP contribution in [0.2, 0.25) is 0 Å². The average Bonchev–Trinajstić information content (AvgIpc) is 2.76. The van der Waals surface area contributed by atoms with Crippen LogP contribution in [-0.2, 0) is 0 Å². The van der Waals surface area contributed by atoms with E-state index in [4.69, 9.17) is 0 Å². The van der Waals surface area contributed by atoms with Gasteiger partial charge < -0.3 is 5.32 Å². The van der Waals surface area contributed by atoms with E-state index in [1.165, 1.54) is 43.1 Å². The molecule has 0 bridgehead atoms. The van der Waals surface area contributed by atoms with Crippen molar-refractivity contribution in [3.8, 4) is 0 Å². The molecular weight excluding hydrogens is 350 g/mol. The SMILES string of the molecule is c1ccc2cc3cc(Nc4cccc5cc6ccccc6cc45)ccc3cc2c1. The minimum atomic E-state index is 1.11. The van der Waals surface area contributed by atoms with E-state index in [-0.39, 0.29) is 0 Å². The highest BCUT2D eigenvalue weighted by molar-refractivity contribution is 6.05. The third-order valence-electron chi connectivity index (χ3n) is 5.73. The summed E-state index contributed by atoms with van der Waals surface area (Å²) in [5.41, 5.74) is 2.24. The third-order valence-corrected chi connectivity index (χ3v) is 5.73. The van der Waals surface area contributed by atoms with Crippen molar-refractivity contribution in [1.29, 1.82) is 0 Å². The Morgan fingerprint density at radius 1 is 0.379 bits per heavy atom. The second-order valence-corrected chi connectivity index (χ2v) is 7.61. The Kier molecular flexibility index (Phi) is 3.54. The fourth-order valence-electron chi connectivity index (χ4n) is 4.25. The normalized spacial score (nSPS) is 11.4. The minimum Gasteiger partial charge on any atom is -0.355 e. The Hall–Kier alpha value is -3.84. The Labute approximate surface area is 169 Å². The lowest BCUT2D eigenvalue weighted by Crippen LogP contribution is -1.92. The average molecular weight is 369 g/mol. The first kappa shape index (κ1) is 16.1. The van der Waals surface area contributed by atoms with Crippen LogP contribution in [0.4, 0.5) is 11.4 Å². The summed E-state index contributed by atoms with van der Waals surface area (Å²) in [5, 5.41) is 13.7. The van der Waals surface area contributed by atoms with Gasteiger partial charge in [0, 0.05) is 16.8 Å². The van der Waals surface area contributed by atoms with Gasteiger partial charge in [0.2, 0.25) is 0 Å². The number of nitrogens with one attached hydrogen (secondary N) is 1. The Morgan fingerprint density at radius 3 is 1.66 bits per heavy atom. The number of rotatable bonds is 2. The third kappa shape index (κ3) is 2.79. The molecular formula is C28H19N. The first-order chi connectivity index (χ1) is 14.3. The van der Waals surface area contributed by atoms with E-state index in [9.17, 15) is 0 Å². The Morgan fingerprint density at radius 2 is 0.931 bits per heavy atom. The van der Waals surface area contributed by atoms with Crippen molar-refractivity contribution in [2.75, 3.05) is 5.32 Å². The molecule has 0 unspecified atom stereocenters. The standard InChI is InChI=1S/C28H19N/c1-2-8-21-16-25-17-26(13-12-23(25)14-19(21)6-1)29-28-11-5-10-24-15-20-7-3-4-9-22(20)18-27(24)28/h1-18,29H. The molecule has 0 heterocycles. The largest absolute Gasteiger partial charge is 0.355 e. The van der Waals surface area contributed by atoms with Crippen LogP contribution in [0.1, 0.15) is 0 Å². The Bertz CT molecular complexity index is 1530. The van der Waals surface area contributed by atoms with Crippen molar-refractivity contribution in [2.24, 2.45) is 0 Å². The van der Waals surface area contributed by atoms with Gasteiger partial charge in [0.15, 0.2) is 0 Å². The van der Waals surface area contributed by atoms with E-state index in [0.29, 0.717) is 0 Å². The highest BCUT2D eigenvalue weighted by Crippen LogP contribution is 2.32. The van der Waals surface area contributed by atoms with E-state index < -0.39 is 0 Å². The molecule has 0 fully saturated rings. The first-order valence-electron chi connectivity index (χ1n) is 9.95. The van der Waals surface area contributed by atoms with E-state index >= 15 is 0 Å². The van der Waals surface area contributed by atoms with Crippen LogP contribution < -0.4 is 5.32 Å². The summed E-state index contributed by atoms with van der Waals surface area (Å²) in [6, 6.07) is 39.2. The van der Waals surface area contributed by atoms with Gasteiger partial charge in [-0.15, -0.1) is 0 Å². The van der Waals surface area contributed by atoms with Gasteiger partial charge in [-0.2, -0.15) is 0 Å². The zero-order valence-corrected chi connectivity index (χ0v) is 15.9. The number of hydrogen-bond donors (Lipinski definition) is 1. The zero-order chi connectivity index (χ0) is 19.2. The predicted octanol–water partition coefficient (Wildman–Crippen LogP) is 8.04. The van der Waals surface area contributed by atoms with Crippen molar-refractivity contribution >= 4 is 54.5 Å². The summed E-state index contributed by atoms with van der Waals surface area (Å²) in [5.74, 6) is 0. The molecule has 1 heteroatoms. The maximum absolute atomic E-state index is 3.65. The molecule has 0 spiro atoms. The van der Waals surface area contributed by atoms with Gasteiger partial charge in [0.1, 0.15) is 0 Å². The van der Waals surface area contributed by atoms with Crippen LogP contribution in [0.15, 0.2) is 109 Å². The molecule has 0 aromatic heterocycles. The molecule has 6 aromatic carbocycles. The molecule has 6 aromatic rings. The van der Waals surface area contributed by atoms with Gasteiger partial charge in [-0.05, 0) is 80.2 Å². The second kappa shape index (κ2) is 6.35. The minimum absolute atomic E-state index is 1.11. The van der Waals surface area contributed by atoms with Gasteiger partial charge in [-0.3, -0.25) is 0 Å². The lowest BCUT2D eigenvalue weighted by Gasteiger charge is -2.12. The van der Waals surface area contributed by atoms with Crippen molar-refractivity contribution in [1.82, 2.24) is 0 Å². The van der Waals surface area contributed by atoms with Crippen LogP contribution in [0.3, 0.4) is 0 Å². The van der Waals surface area contributed by atoms with E-state index in [0.717, 1.165) is 11.4 Å². The molecule has 0 aliphatic heterocycles. The molecule has 0 saturated heterocycles. The highest BCUT2D eigenvalue weighted by Gasteiger charge is 2.05. The van der Waals surface area contributed by atoms with Gasteiger partial charge in [0.25, 0.3) is 0 Å². The van der Waals surface area contributed by atoms with E-state index in [1.54, 1.807) is 0 Å². The van der Waals surface area contributed by atoms with Crippen molar-refractivity contribution in [2.45, 2.75) is 0 Å². The highest BCUT2D eigenvalue weighted by atomic mass is 14.9. The molecule has 0 saturated carbocycles. The van der Waals surface area contributed by atoms with Gasteiger partial charge >= 0.3 is 0 Å². The maximum atomic E-state index is 3.65. The van der Waals surface area contributed by atoms with Crippen molar-refractivity contribution in [3.63, 3.8) is 0 Å². The smallest absolute Gasteiger partial charge is 0.0464 e. The fourth-order valence-corrected chi connectivity index (χ4v) is 4.25. The summed E-state index contributed by atoms with van der Waals surface area (Å²) >= 11 is 0. The molecule has 136 valence electrons. The fraction of sp³-hybridized carbons (Fsp3) is 0. The summed E-state index contributed by atoms with van der Waals surface area (Å²) in [4.78, 5) is 0. The molecule has 1 N–H and O–H groups in total. The first-order valence-corrected chi connectivity index (χ1v) is 9.95. The summed E-state index contributed by atoms with van der Waals surface area (Å²) < 4.78 is 0. The van der Waals surface area contributed by atoms with Crippen LogP contribution in [-0.4, -0.2) is 0 Å². The lowest BCUT2D eigenvalue weighted by molar-refractivity contribution is 1.61. The predicted molar refractivity (Wildman–Crippen MR) is 126 cm³/mol. The topological polar surface area (TPSA) is 12.0 Å². The van der Waals surface area contributed by atoms with Crippen molar-refractivity contribution < 1.29 is 0 Å². The molecule has 6 rings (SSSR count). The van der Waals surface area contributed by atoms with E-state index in [2.05, 4.69) is 115 Å². The second-order valence-electron chi connectivity index (χ2n) is 7.61. The quantitative estimate of drug-likeness (QED) is 0.304. The van der Waals surface area contributed by atoms with E-state index in [1.807, 2.05) is 0 Å². The van der Waals surface area contributed by atoms with Crippen LogP contribution in [0, 0.1) is 0 Å². The van der Waals surface area contributed by atoms with Crippen LogP contribution in [0.25, 0.3) is 43.1 Å². The monoisotopic (exact) mass is 369 g/mol. The number of benzene rings is 6. The Balaban J connectivity index is 1.47. The van der Waals surface area contributed by atoms with Gasteiger partial charge in [0.05, 0.1) is 0 Å². The summed E-state index contributed by atoms with van der Waals surface area (Å²) in [6.45, 7) is 0. The number of fused-ring (bicyclic) bond motifs is 4. The van der Waals surface area contributed by atoms with Gasteiger partial charge in [-0.1, -0.05) is 66.7 Å². The number of hydrogen-bond acceptors (Lipinski definition) is 1. The maximum Gasteiger partial charge on any atom is 0.0464 e. The molecule has 1 nitrogen and oxygen atoms in total. The van der Waals surface area contributed by atoms with Gasteiger partial charge in [-0.25, -0.2) is 0 Å². The molecule has 0 aliphatic carbocycles. The molecule has 0 atom stereocenters. The molecule has 0 radical (unpaired) electrons. The number of anilines is 2. The molecule has 29 heavy (non-hydrogen) atoms. The summed E-state index contributed by atoms with van der Waals surface area (Å²) in [6.07, 6.45) is 0. The molecule has 0 aliphatic rings. The van der Waals surface area contributed by atoms with Crippen LogP contribution in [0.5, 0.6) is 0 Å². The zero-order valence-electron chi connectivity index (χ0n) is 15.9. The summed E-state index contributed by atoms with van der Waals surface area (Å²) in [7, 11) is 0.